The molecule has 0 aliphatic carbocycles. The highest BCUT2D eigenvalue weighted by Crippen LogP contribution is 2.33. The summed E-state index contributed by atoms with van der Waals surface area (Å²) in [7, 11) is -4.10. The predicted octanol–water partition coefficient (Wildman–Crippen LogP) is 5.76. The molecule has 1 heterocycles. The van der Waals surface area contributed by atoms with Gasteiger partial charge in [0.05, 0.1) is 10.6 Å². The van der Waals surface area contributed by atoms with Crippen LogP contribution in [-0.2, 0) is 14.9 Å². The summed E-state index contributed by atoms with van der Waals surface area (Å²) in [5, 5.41) is 3.55. The number of hydrogen-bond donors (Lipinski definition) is 1. The highest BCUT2D eigenvalue weighted by Gasteiger charge is 2.25. The molecule has 0 spiro atoms. The van der Waals surface area contributed by atoms with Gasteiger partial charge in [-0.05, 0) is 72.4 Å². The fourth-order valence-electron chi connectivity index (χ4n) is 2.72. The van der Waals surface area contributed by atoms with Crippen LogP contribution in [0.25, 0.3) is 6.08 Å². The Bertz CT molecular complexity index is 1340. The first-order chi connectivity index (χ1) is 15.3. The smallest absolute Gasteiger partial charge is 0.339 e. The Morgan fingerprint density at radius 2 is 1.75 bits per heavy atom. The van der Waals surface area contributed by atoms with Crippen LogP contribution in [0, 0.1) is 0 Å². The molecule has 10 heteroatoms. The summed E-state index contributed by atoms with van der Waals surface area (Å²) < 4.78 is 31.5. The summed E-state index contributed by atoms with van der Waals surface area (Å²) in [6.45, 7) is 0. The molecule has 3 aromatic carbocycles. The van der Waals surface area contributed by atoms with Gasteiger partial charge in [0.15, 0.2) is 5.17 Å². The maximum Gasteiger partial charge on any atom is 0.339 e. The minimum absolute atomic E-state index is 0.0336. The van der Waals surface area contributed by atoms with Crippen molar-refractivity contribution in [2.45, 2.75) is 4.90 Å². The van der Waals surface area contributed by atoms with E-state index < -0.39 is 10.1 Å². The van der Waals surface area contributed by atoms with Crippen LogP contribution in [0.2, 0.25) is 5.02 Å². The molecule has 3 aromatic rings. The zero-order valence-corrected chi connectivity index (χ0v) is 20.1. The Hall–Kier alpha value is -2.59. The first kappa shape index (κ1) is 22.6. The SMILES string of the molecule is O=C1NC(=Nc2ccccc2)S/C1=C\c1cc(Br)ccc1OS(=O)(=O)c1ccc(Cl)cc1. The molecule has 0 bridgehead atoms. The van der Waals surface area contributed by atoms with Gasteiger partial charge in [-0.1, -0.05) is 45.7 Å². The van der Waals surface area contributed by atoms with Crippen molar-refractivity contribution in [2.75, 3.05) is 0 Å². The molecule has 1 aliphatic rings. The zero-order valence-electron chi connectivity index (χ0n) is 16.2. The molecule has 162 valence electrons. The van der Waals surface area contributed by atoms with E-state index in [1.165, 1.54) is 30.3 Å². The minimum Gasteiger partial charge on any atom is -0.378 e. The van der Waals surface area contributed by atoms with Gasteiger partial charge in [0.1, 0.15) is 10.6 Å². The van der Waals surface area contributed by atoms with Crippen LogP contribution < -0.4 is 9.50 Å². The normalized spacial score (nSPS) is 16.4. The largest absolute Gasteiger partial charge is 0.378 e. The highest BCUT2D eigenvalue weighted by atomic mass is 79.9. The van der Waals surface area contributed by atoms with Gasteiger partial charge in [0, 0.05) is 15.1 Å². The number of para-hydroxylation sites is 1. The Kier molecular flexibility index (Phi) is 6.71. The summed E-state index contributed by atoms with van der Waals surface area (Å²) in [6.07, 6.45) is 1.56. The number of thioether (sulfide) groups is 1. The van der Waals surface area contributed by atoms with Gasteiger partial charge < -0.3 is 9.50 Å². The second kappa shape index (κ2) is 9.50. The lowest BCUT2D eigenvalue weighted by molar-refractivity contribution is -0.115. The average molecular weight is 550 g/mol. The standard InChI is InChI=1S/C22H14BrClN2O4S2/c23-15-6-11-19(30-32(28,29)18-9-7-16(24)8-10-18)14(12-15)13-20-21(27)26-22(31-20)25-17-4-2-1-3-5-17/h1-13H,(H,25,26,27)/b20-13-. The molecule has 6 nitrogen and oxygen atoms in total. The van der Waals surface area contributed by atoms with Crippen molar-refractivity contribution in [1.82, 2.24) is 5.32 Å². The second-order valence-corrected chi connectivity index (χ2v) is 10.4. The summed E-state index contributed by atoms with van der Waals surface area (Å²) >= 11 is 10.4. The van der Waals surface area contributed by atoms with E-state index in [0.717, 1.165) is 11.8 Å². The zero-order chi connectivity index (χ0) is 22.7. The van der Waals surface area contributed by atoms with Gasteiger partial charge in [0.2, 0.25) is 0 Å². The van der Waals surface area contributed by atoms with E-state index >= 15 is 0 Å². The number of carbonyl (C=O) groups is 1. The van der Waals surface area contributed by atoms with E-state index in [2.05, 4.69) is 26.2 Å². The Labute approximate surface area is 202 Å². The van der Waals surface area contributed by atoms with Crippen molar-refractivity contribution in [1.29, 1.82) is 0 Å². The van der Waals surface area contributed by atoms with Crippen molar-refractivity contribution in [3.05, 3.63) is 92.8 Å². The first-order valence-corrected chi connectivity index (χ1v) is 12.5. The number of hydrogen-bond acceptors (Lipinski definition) is 6. The van der Waals surface area contributed by atoms with E-state index in [1.54, 1.807) is 18.2 Å². The predicted molar refractivity (Wildman–Crippen MR) is 131 cm³/mol. The van der Waals surface area contributed by atoms with E-state index in [-0.39, 0.29) is 16.6 Å². The molecule has 1 amide bonds. The van der Waals surface area contributed by atoms with Crippen molar-refractivity contribution in [3.63, 3.8) is 0 Å². The van der Waals surface area contributed by atoms with E-state index in [0.29, 0.717) is 30.8 Å². The van der Waals surface area contributed by atoms with Crippen LogP contribution in [-0.4, -0.2) is 19.5 Å². The number of amidine groups is 1. The lowest BCUT2D eigenvalue weighted by Crippen LogP contribution is -2.19. The molecule has 0 aromatic heterocycles. The summed E-state index contributed by atoms with van der Waals surface area (Å²) in [5.74, 6) is -0.256. The molecule has 0 radical (unpaired) electrons. The monoisotopic (exact) mass is 548 g/mol. The third kappa shape index (κ3) is 5.42. The Balaban J connectivity index is 1.64. The average Bonchev–Trinajstić information content (AvgIpc) is 3.09. The van der Waals surface area contributed by atoms with Gasteiger partial charge in [-0.2, -0.15) is 8.42 Å². The second-order valence-electron chi connectivity index (χ2n) is 6.49. The number of halogens is 2. The van der Waals surface area contributed by atoms with Crippen LogP contribution in [0.5, 0.6) is 5.75 Å². The van der Waals surface area contributed by atoms with Crippen molar-refractivity contribution in [2.24, 2.45) is 4.99 Å². The van der Waals surface area contributed by atoms with Crippen molar-refractivity contribution < 1.29 is 17.4 Å². The summed E-state index contributed by atoms with van der Waals surface area (Å²) in [6, 6.07) is 19.7. The molecule has 32 heavy (non-hydrogen) atoms. The Morgan fingerprint density at radius 1 is 1.03 bits per heavy atom. The van der Waals surface area contributed by atoms with Crippen LogP contribution in [0.1, 0.15) is 5.56 Å². The van der Waals surface area contributed by atoms with Crippen LogP contribution in [0.3, 0.4) is 0 Å². The van der Waals surface area contributed by atoms with Gasteiger partial charge in [0.25, 0.3) is 5.91 Å². The molecule has 0 saturated carbocycles. The van der Waals surface area contributed by atoms with Crippen LogP contribution in [0.15, 0.2) is 92.1 Å². The van der Waals surface area contributed by atoms with E-state index in [9.17, 15) is 13.2 Å². The topological polar surface area (TPSA) is 84.8 Å². The summed E-state index contributed by atoms with van der Waals surface area (Å²) in [5.41, 5.74) is 1.12. The molecule has 0 atom stereocenters. The molecular weight excluding hydrogens is 536 g/mol. The fourth-order valence-corrected chi connectivity index (χ4v) is 5.01. The number of nitrogens with one attached hydrogen (secondary N) is 1. The number of carbonyl (C=O) groups excluding carboxylic acids is 1. The number of benzene rings is 3. The van der Waals surface area contributed by atoms with Crippen LogP contribution in [0.4, 0.5) is 5.69 Å². The molecule has 1 fully saturated rings. The van der Waals surface area contributed by atoms with Gasteiger partial charge >= 0.3 is 10.1 Å². The van der Waals surface area contributed by atoms with Gasteiger partial charge in [-0.25, -0.2) is 4.99 Å². The molecule has 4 rings (SSSR count). The van der Waals surface area contributed by atoms with Crippen LogP contribution >= 0.6 is 39.3 Å². The summed E-state index contributed by atoms with van der Waals surface area (Å²) in [4.78, 5) is 17.2. The molecule has 1 N–H and O–H groups in total. The fraction of sp³-hybridized carbons (Fsp3) is 0. The van der Waals surface area contributed by atoms with E-state index in [1.807, 2.05) is 30.3 Å². The Morgan fingerprint density at radius 3 is 2.47 bits per heavy atom. The molecule has 1 aliphatic heterocycles. The number of nitrogens with zero attached hydrogens (tertiary/aromatic N) is 1. The third-order valence-corrected chi connectivity index (χ3v) is 7.10. The lowest BCUT2D eigenvalue weighted by Gasteiger charge is -2.10. The number of aliphatic imine (C=N–C) groups is 1. The highest BCUT2D eigenvalue weighted by molar-refractivity contribution is 9.10. The quantitative estimate of drug-likeness (QED) is 0.323. The molecular formula is C22H14BrClN2O4S2. The maximum atomic E-state index is 12.7. The van der Waals surface area contributed by atoms with Crippen molar-refractivity contribution >= 4 is 72.2 Å². The van der Waals surface area contributed by atoms with Gasteiger partial charge in [-0.3, -0.25) is 4.79 Å². The molecule has 0 unspecified atom stereocenters. The maximum absolute atomic E-state index is 12.7. The minimum atomic E-state index is -4.10. The first-order valence-electron chi connectivity index (χ1n) is 9.14. The number of rotatable bonds is 5. The third-order valence-electron chi connectivity index (χ3n) is 4.20. The molecule has 1 saturated heterocycles. The van der Waals surface area contributed by atoms with Crippen molar-refractivity contribution in [3.8, 4) is 5.75 Å². The van der Waals surface area contributed by atoms with E-state index in [4.69, 9.17) is 15.8 Å². The van der Waals surface area contributed by atoms with Gasteiger partial charge in [-0.15, -0.1) is 0 Å². The number of amides is 1. The lowest BCUT2D eigenvalue weighted by atomic mass is 10.2.